The number of hydrogen-bond acceptors (Lipinski definition) is 4. The van der Waals surface area contributed by atoms with Gasteiger partial charge < -0.3 is 5.32 Å². The first kappa shape index (κ1) is 16.1. The van der Waals surface area contributed by atoms with E-state index in [4.69, 9.17) is 0 Å². The van der Waals surface area contributed by atoms with Crippen molar-refractivity contribution in [3.8, 4) is 0 Å². The van der Waals surface area contributed by atoms with Crippen molar-refractivity contribution >= 4 is 26.0 Å². The fourth-order valence-electron chi connectivity index (χ4n) is 1.83. The topological polar surface area (TPSA) is 71.1 Å². The van der Waals surface area contributed by atoms with Crippen LogP contribution in [0.1, 0.15) is 11.1 Å². The van der Waals surface area contributed by atoms with Gasteiger partial charge in [0.15, 0.2) is 0 Å². The zero-order valence-electron chi connectivity index (χ0n) is 11.5. The Morgan fingerprint density at radius 1 is 1.19 bits per heavy atom. The number of nitrogens with zero attached hydrogens (tertiary/aromatic N) is 1. The van der Waals surface area contributed by atoms with Gasteiger partial charge in [0, 0.05) is 30.0 Å². The van der Waals surface area contributed by atoms with E-state index < -0.39 is 10.0 Å². The lowest BCUT2D eigenvalue weighted by Crippen LogP contribution is -2.24. The third-order valence-electron chi connectivity index (χ3n) is 2.86. The lowest BCUT2D eigenvalue weighted by Gasteiger charge is -2.10. The van der Waals surface area contributed by atoms with Gasteiger partial charge in [0.1, 0.15) is 0 Å². The van der Waals surface area contributed by atoms with Crippen LogP contribution in [0.15, 0.2) is 52.1 Å². The van der Waals surface area contributed by atoms with Crippen molar-refractivity contribution < 1.29 is 8.42 Å². The molecule has 0 spiro atoms. The van der Waals surface area contributed by atoms with Crippen LogP contribution in [0.25, 0.3) is 0 Å². The summed E-state index contributed by atoms with van der Waals surface area (Å²) in [7, 11) is -1.77. The van der Waals surface area contributed by atoms with Gasteiger partial charge in [0.25, 0.3) is 0 Å². The molecule has 0 bridgehead atoms. The molecule has 0 amide bonds. The average molecular weight is 370 g/mol. The molecule has 5 nitrogen and oxygen atoms in total. The van der Waals surface area contributed by atoms with E-state index in [2.05, 4.69) is 31.0 Å². The molecule has 0 fully saturated rings. The molecule has 0 atom stereocenters. The monoisotopic (exact) mass is 369 g/mol. The van der Waals surface area contributed by atoms with E-state index in [1.165, 1.54) is 0 Å². The van der Waals surface area contributed by atoms with Crippen molar-refractivity contribution in [3.05, 3.63) is 58.3 Å². The number of nitrogens with one attached hydrogen (secondary N) is 2. The van der Waals surface area contributed by atoms with Crippen LogP contribution >= 0.6 is 15.9 Å². The van der Waals surface area contributed by atoms with Gasteiger partial charge in [-0.15, -0.1) is 0 Å². The number of hydrogen-bond donors (Lipinski definition) is 2. The molecule has 2 rings (SSSR count). The molecule has 0 saturated carbocycles. The highest BCUT2D eigenvalue weighted by molar-refractivity contribution is 9.10. The summed E-state index contributed by atoms with van der Waals surface area (Å²) >= 11 is 3.29. The van der Waals surface area contributed by atoms with Gasteiger partial charge in [-0.2, -0.15) is 0 Å². The highest BCUT2D eigenvalue weighted by Gasteiger charge is 2.17. The molecule has 0 aliphatic heterocycles. The lowest BCUT2D eigenvalue weighted by molar-refractivity contribution is 0.580. The summed E-state index contributed by atoms with van der Waals surface area (Å²) < 4.78 is 27.9. The second-order valence-corrected chi connectivity index (χ2v) is 7.07. The zero-order valence-corrected chi connectivity index (χ0v) is 13.9. The SMILES string of the molecule is CNCc1ccc(Br)c(S(=O)(=O)NCc2cccnc2)c1. The van der Waals surface area contributed by atoms with Gasteiger partial charge in [0.2, 0.25) is 10.0 Å². The standard InChI is InChI=1S/C14H16BrN3O2S/c1-16-8-11-4-5-13(15)14(7-11)21(19,20)18-10-12-3-2-6-17-9-12/h2-7,9,16,18H,8,10H2,1H3. The van der Waals surface area contributed by atoms with Gasteiger partial charge in [-0.25, -0.2) is 13.1 Å². The highest BCUT2D eigenvalue weighted by atomic mass is 79.9. The summed E-state index contributed by atoms with van der Waals surface area (Å²) in [6, 6.07) is 8.87. The van der Waals surface area contributed by atoms with E-state index in [0.717, 1.165) is 11.1 Å². The first-order valence-electron chi connectivity index (χ1n) is 6.34. The van der Waals surface area contributed by atoms with Crippen LogP contribution in [-0.4, -0.2) is 20.4 Å². The summed E-state index contributed by atoms with van der Waals surface area (Å²) in [4.78, 5) is 4.20. The molecule has 0 aliphatic rings. The predicted octanol–water partition coefficient (Wildman–Crippen LogP) is 2.04. The molecule has 0 radical (unpaired) electrons. The number of benzene rings is 1. The van der Waals surface area contributed by atoms with E-state index in [1.54, 1.807) is 30.6 Å². The number of halogens is 1. The molecule has 0 saturated heterocycles. The summed E-state index contributed by atoms with van der Waals surface area (Å²) in [5, 5.41) is 3.00. The fourth-order valence-corrected chi connectivity index (χ4v) is 3.86. The maximum atomic E-state index is 12.4. The Kier molecular flexibility index (Phi) is 5.46. The third kappa shape index (κ3) is 4.34. The second kappa shape index (κ2) is 7.13. The molecule has 112 valence electrons. The van der Waals surface area contributed by atoms with Crippen LogP contribution in [0.3, 0.4) is 0 Å². The van der Waals surface area contributed by atoms with Gasteiger partial charge in [-0.1, -0.05) is 12.1 Å². The van der Waals surface area contributed by atoms with Crippen LogP contribution in [-0.2, 0) is 23.1 Å². The molecule has 1 aromatic heterocycles. The predicted molar refractivity (Wildman–Crippen MR) is 85.2 cm³/mol. The van der Waals surface area contributed by atoms with E-state index in [9.17, 15) is 8.42 Å². The quantitative estimate of drug-likeness (QED) is 0.817. The molecular formula is C14H16BrN3O2S. The average Bonchev–Trinajstić information content (AvgIpc) is 2.48. The second-order valence-electron chi connectivity index (χ2n) is 4.48. The minimum Gasteiger partial charge on any atom is -0.316 e. The maximum absolute atomic E-state index is 12.4. The lowest BCUT2D eigenvalue weighted by atomic mass is 10.2. The first-order valence-corrected chi connectivity index (χ1v) is 8.62. The minimum absolute atomic E-state index is 0.207. The fraction of sp³-hybridized carbons (Fsp3) is 0.214. The van der Waals surface area contributed by atoms with Gasteiger partial charge in [0.05, 0.1) is 4.90 Å². The Bertz CT molecular complexity index is 705. The molecular weight excluding hydrogens is 354 g/mol. The molecule has 7 heteroatoms. The number of sulfonamides is 1. The van der Waals surface area contributed by atoms with Gasteiger partial charge in [-0.05, 0) is 52.3 Å². The number of rotatable bonds is 6. The molecule has 2 N–H and O–H groups in total. The Morgan fingerprint density at radius 2 is 2.00 bits per heavy atom. The van der Waals surface area contributed by atoms with E-state index in [0.29, 0.717) is 11.0 Å². The Labute approximate surface area is 133 Å². The summed E-state index contributed by atoms with van der Waals surface area (Å²) in [6.07, 6.45) is 3.28. The molecule has 0 unspecified atom stereocenters. The molecule has 1 aromatic carbocycles. The van der Waals surface area contributed by atoms with Crippen LogP contribution in [0.5, 0.6) is 0 Å². The third-order valence-corrected chi connectivity index (χ3v) is 5.25. The molecule has 0 aliphatic carbocycles. The summed E-state index contributed by atoms with van der Waals surface area (Å²) in [6.45, 7) is 0.817. The van der Waals surface area contributed by atoms with Crippen LogP contribution in [0.2, 0.25) is 0 Å². The normalized spacial score (nSPS) is 11.5. The summed E-state index contributed by atoms with van der Waals surface area (Å²) in [5.41, 5.74) is 1.71. The van der Waals surface area contributed by atoms with Gasteiger partial charge >= 0.3 is 0 Å². The van der Waals surface area contributed by atoms with Gasteiger partial charge in [-0.3, -0.25) is 4.98 Å². The Morgan fingerprint density at radius 3 is 2.67 bits per heavy atom. The summed E-state index contributed by atoms with van der Waals surface area (Å²) in [5.74, 6) is 0. The Hall–Kier alpha value is -1.28. The van der Waals surface area contributed by atoms with Crippen molar-refractivity contribution in [1.29, 1.82) is 0 Å². The van der Waals surface area contributed by atoms with E-state index in [1.807, 2.05) is 19.2 Å². The van der Waals surface area contributed by atoms with Crippen LogP contribution < -0.4 is 10.0 Å². The van der Waals surface area contributed by atoms with Crippen molar-refractivity contribution in [2.24, 2.45) is 0 Å². The van der Waals surface area contributed by atoms with Crippen LogP contribution in [0.4, 0.5) is 0 Å². The molecule has 2 aromatic rings. The van der Waals surface area contributed by atoms with Crippen molar-refractivity contribution in [2.75, 3.05) is 7.05 Å². The first-order chi connectivity index (χ1) is 10.0. The Balaban J connectivity index is 2.21. The number of aromatic nitrogens is 1. The van der Waals surface area contributed by atoms with E-state index >= 15 is 0 Å². The molecule has 1 heterocycles. The van der Waals surface area contributed by atoms with Crippen LogP contribution in [0, 0.1) is 0 Å². The van der Waals surface area contributed by atoms with Crippen molar-refractivity contribution in [2.45, 2.75) is 18.0 Å². The highest BCUT2D eigenvalue weighted by Crippen LogP contribution is 2.23. The largest absolute Gasteiger partial charge is 0.316 e. The maximum Gasteiger partial charge on any atom is 0.242 e. The number of pyridine rings is 1. The van der Waals surface area contributed by atoms with Crippen molar-refractivity contribution in [1.82, 2.24) is 15.0 Å². The van der Waals surface area contributed by atoms with Crippen molar-refractivity contribution in [3.63, 3.8) is 0 Å². The van der Waals surface area contributed by atoms with E-state index in [-0.39, 0.29) is 11.4 Å². The minimum atomic E-state index is -3.58. The molecule has 21 heavy (non-hydrogen) atoms. The smallest absolute Gasteiger partial charge is 0.242 e. The zero-order chi connectivity index (χ0) is 15.3.